The SMILES string of the molecule is Cc1nn(C)c2nc(-c3ccccc3)cc(C(=O)NCCCN)c12.Cl.Cl. The summed E-state index contributed by atoms with van der Waals surface area (Å²) in [5.74, 6) is -0.121. The number of nitrogens with zero attached hydrogens (tertiary/aromatic N) is 3. The summed E-state index contributed by atoms with van der Waals surface area (Å²) < 4.78 is 1.72. The number of hydrogen-bond acceptors (Lipinski definition) is 4. The van der Waals surface area contributed by atoms with Crippen LogP contribution < -0.4 is 11.1 Å². The van der Waals surface area contributed by atoms with E-state index in [1.54, 1.807) is 4.68 Å². The Labute approximate surface area is 165 Å². The van der Waals surface area contributed by atoms with E-state index < -0.39 is 0 Å². The average Bonchev–Trinajstić information content (AvgIpc) is 2.89. The molecule has 3 aromatic rings. The van der Waals surface area contributed by atoms with Gasteiger partial charge in [0.15, 0.2) is 5.65 Å². The number of nitrogens with two attached hydrogens (primary N) is 1. The zero-order valence-electron chi connectivity index (χ0n) is 14.7. The van der Waals surface area contributed by atoms with Crippen molar-refractivity contribution in [3.05, 3.63) is 47.7 Å². The maximum Gasteiger partial charge on any atom is 0.252 e. The minimum Gasteiger partial charge on any atom is -0.352 e. The number of benzene rings is 1. The van der Waals surface area contributed by atoms with Crippen LogP contribution in [-0.4, -0.2) is 33.8 Å². The lowest BCUT2D eigenvalue weighted by Crippen LogP contribution is -2.26. The molecule has 0 saturated carbocycles. The highest BCUT2D eigenvalue weighted by Crippen LogP contribution is 2.26. The van der Waals surface area contributed by atoms with E-state index in [-0.39, 0.29) is 30.7 Å². The molecule has 8 heteroatoms. The Kier molecular flexibility index (Phi) is 8.02. The standard InChI is InChI=1S/C18H21N5O.2ClH/c1-12-16-14(18(24)20-10-6-9-19)11-15(13-7-4-3-5-8-13)21-17(16)23(2)22-12;;/h3-5,7-8,11H,6,9-10,19H2,1-2H3,(H,20,24);2*1H. The molecule has 0 saturated heterocycles. The largest absolute Gasteiger partial charge is 0.352 e. The third-order valence-electron chi connectivity index (χ3n) is 3.95. The summed E-state index contributed by atoms with van der Waals surface area (Å²) in [5, 5.41) is 8.14. The first-order valence-corrected chi connectivity index (χ1v) is 8.00. The number of nitrogens with one attached hydrogen (secondary N) is 1. The van der Waals surface area contributed by atoms with E-state index in [1.165, 1.54) is 0 Å². The minimum atomic E-state index is -0.121. The van der Waals surface area contributed by atoms with Gasteiger partial charge in [0, 0.05) is 19.2 Å². The van der Waals surface area contributed by atoms with Crippen molar-refractivity contribution in [1.29, 1.82) is 0 Å². The predicted molar refractivity (Wildman–Crippen MR) is 109 cm³/mol. The molecule has 6 nitrogen and oxygen atoms in total. The molecule has 2 heterocycles. The quantitative estimate of drug-likeness (QED) is 0.650. The van der Waals surface area contributed by atoms with Gasteiger partial charge in [-0.2, -0.15) is 5.10 Å². The maximum atomic E-state index is 12.7. The second-order valence-corrected chi connectivity index (χ2v) is 5.73. The molecule has 0 unspecified atom stereocenters. The van der Waals surface area contributed by atoms with Crippen molar-refractivity contribution in [3.63, 3.8) is 0 Å². The van der Waals surface area contributed by atoms with Crippen molar-refractivity contribution >= 4 is 41.8 Å². The normalized spacial score (nSPS) is 10.1. The van der Waals surface area contributed by atoms with Crippen LogP contribution in [-0.2, 0) is 7.05 Å². The van der Waals surface area contributed by atoms with Gasteiger partial charge in [0.2, 0.25) is 0 Å². The number of hydrogen-bond donors (Lipinski definition) is 2. The van der Waals surface area contributed by atoms with E-state index in [1.807, 2.05) is 50.4 Å². The Morgan fingerprint density at radius 1 is 1.23 bits per heavy atom. The number of aromatic nitrogens is 3. The second kappa shape index (κ2) is 9.52. The van der Waals surface area contributed by atoms with Gasteiger partial charge in [0.05, 0.1) is 22.3 Å². The summed E-state index contributed by atoms with van der Waals surface area (Å²) in [6, 6.07) is 11.7. The molecule has 0 aliphatic carbocycles. The molecule has 0 bridgehead atoms. The minimum absolute atomic E-state index is 0. The lowest BCUT2D eigenvalue weighted by atomic mass is 10.0. The van der Waals surface area contributed by atoms with Crippen molar-refractivity contribution in [2.45, 2.75) is 13.3 Å². The third kappa shape index (κ3) is 4.33. The van der Waals surface area contributed by atoms with Gasteiger partial charge in [0.25, 0.3) is 5.91 Å². The Morgan fingerprint density at radius 3 is 2.58 bits per heavy atom. The predicted octanol–water partition coefficient (Wildman–Crippen LogP) is 2.87. The first-order chi connectivity index (χ1) is 11.6. The number of carbonyl (C=O) groups excluding carboxylic acids is 1. The van der Waals surface area contributed by atoms with Crippen LogP contribution in [0.2, 0.25) is 0 Å². The van der Waals surface area contributed by atoms with Crippen LogP contribution >= 0.6 is 24.8 Å². The van der Waals surface area contributed by atoms with Crippen molar-refractivity contribution in [2.24, 2.45) is 12.8 Å². The molecular formula is C18H23Cl2N5O. The zero-order valence-corrected chi connectivity index (χ0v) is 16.4. The molecule has 1 amide bonds. The van der Waals surface area contributed by atoms with E-state index in [9.17, 15) is 4.79 Å². The van der Waals surface area contributed by atoms with Crippen molar-refractivity contribution in [3.8, 4) is 11.3 Å². The topological polar surface area (TPSA) is 85.8 Å². The smallest absolute Gasteiger partial charge is 0.252 e. The van der Waals surface area contributed by atoms with Crippen molar-refractivity contribution in [1.82, 2.24) is 20.1 Å². The fourth-order valence-electron chi connectivity index (χ4n) is 2.78. The van der Waals surface area contributed by atoms with Gasteiger partial charge in [-0.1, -0.05) is 30.3 Å². The number of aryl methyl sites for hydroxylation is 2. The highest BCUT2D eigenvalue weighted by Gasteiger charge is 2.18. The first-order valence-electron chi connectivity index (χ1n) is 8.00. The van der Waals surface area contributed by atoms with Gasteiger partial charge >= 0.3 is 0 Å². The van der Waals surface area contributed by atoms with Crippen LogP contribution in [0.4, 0.5) is 0 Å². The first kappa shape index (κ1) is 21.9. The lowest BCUT2D eigenvalue weighted by Gasteiger charge is -2.09. The molecule has 0 atom stereocenters. The summed E-state index contributed by atoms with van der Waals surface area (Å²) in [7, 11) is 1.84. The van der Waals surface area contributed by atoms with Gasteiger partial charge in [-0.05, 0) is 26.0 Å². The Hall–Kier alpha value is -2.15. The molecule has 26 heavy (non-hydrogen) atoms. The number of carbonyl (C=O) groups is 1. The fourth-order valence-corrected chi connectivity index (χ4v) is 2.78. The van der Waals surface area contributed by atoms with Crippen LogP contribution in [0.25, 0.3) is 22.3 Å². The number of fused-ring (bicyclic) bond motifs is 1. The number of amides is 1. The van der Waals surface area contributed by atoms with E-state index in [0.717, 1.165) is 28.8 Å². The van der Waals surface area contributed by atoms with Crippen LogP contribution in [0.5, 0.6) is 0 Å². The molecule has 0 fully saturated rings. The molecule has 140 valence electrons. The van der Waals surface area contributed by atoms with Crippen LogP contribution in [0.3, 0.4) is 0 Å². The molecule has 2 aromatic heterocycles. The fraction of sp³-hybridized carbons (Fsp3) is 0.278. The highest BCUT2D eigenvalue weighted by atomic mass is 35.5. The summed E-state index contributed by atoms with van der Waals surface area (Å²) in [5.41, 5.74) is 9.32. The Balaban J connectivity index is 0.00000169. The van der Waals surface area contributed by atoms with E-state index >= 15 is 0 Å². The molecule has 0 spiro atoms. The maximum absolute atomic E-state index is 12.7. The molecular weight excluding hydrogens is 373 g/mol. The molecule has 3 rings (SSSR count). The van der Waals surface area contributed by atoms with Crippen molar-refractivity contribution in [2.75, 3.05) is 13.1 Å². The molecule has 1 aromatic carbocycles. The number of pyridine rings is 1. The Bertz CT molecular complexity index is 880. The second-order valence-electron chi connectivity index (χ2n) is 5.73. The molecule has 0 aliphatic heterocycles. The number of halogens is 2. The third-order valence-corrected chi connectivity index (χ3v) is 3.95. The van der Waals surface area contributed by atoms with Gasteiger partial charge in [0.1, 0.15) is 0 Å². The summed E-state index contributed by atoms with van der Waals surface area (Å²) >= 11 is 0. The van der Waals surface area contributed by atoms with Gasteiger partial charge in [-0.25, -0.2) is 4.98 Å². The molecule has 0 aliphatic rings. The van der Waals surface area contributed by atoms with Crippen LogP contribution in [0.1, 0.15) is 22.5 Å². The highest BCUT2D eigenvalue weighted by molar-refractivity contribution is 6.07. The monoisotopic (exact) mass is 395 g/mol. The molecule has 3 N–H and O–H groups in total. The van der Waals surface area contributed by atoms with Gasteiger partial charge in [-0.15, -0.1) is 24.8 Å². The summed E-state index contributed by atoms with van der Waals surface area (Å²) in [4.78, 5) is 17.4. The molecule has 0 radical (unpaired) electrons. The summed E-state index contributed by atoms with van der Waals surface area (Å²) in [6.45, 7) is 3.00. The van der Waals surface area contributed by atoms with E-state index in [2.05, 4.69) is 10.4 Å². The van der Waals surface area contributed by atoms with E-state index in [4.69, 9.17) is 10.7 Å². The van der Waals surface area contributed by atoms with Gasteiger partial charge < -0.3 is 11.1 Å². The Morgan fingerprint density at radius 2 is 1.92 bits per heavy atom. The number of rotatable bonds is 5. The summed E-state index contributed by atoms with van der Waals surface area (Å²) in [6.07, 6.45) is 0.748. The zero-order chi connectivity index (χ0) is 17.1. The van der Waals surface area contributed by atoms with Crippen molar-refractivity contribution < 1.29 is 4.79 Å². The van der Waals surface area contributed by atoms with E-state index in [0.29, 0.717) is 24.3 Å². The van der Waals surface area contributed by atoms with Crippen LogP contribution in [0, 0.1) is 6.92 Å². The van der Waals surface area contributed by atoms with Crippen LogP contribution in [0.15, 0.2) is 36.4 Å². The van der Waals surface area contributed by atoms with Gasteiger partial charge in [-0.3, -0.25) is 9.48 Å². The average molecular weight is 396 g/mol. The lowest BCUT2D eigenvalue weighted by molar-refractivity contribution is 0.0955.